The predicted molar refractivity (Wildman–Crippen MR) is 81.3 cm³/mol. The Labute approximate surface area is 117 Å². The van der Waals surface area contributed by atoms with Gasteiger partial charge in [0, 0.05) is 11.8 Å². The van der Waals surface area contributed by atoms with Crippen LogP contribution in [0.4, 0.5) is 0 Å². The minimum atomic E-state index is -2.85. The van der Waals surface area contributed by atoms with Gasteiger partial charge in [-0.1, -0.05) is 25.1 Å². The highest BCUT2D eigenvalue weighted by Crippen LogP contribution is 2.21. The van der Waals surface area contributed by atoms with E-state index in [1.165, 1.54) is 16.7 Å². The first kappa shape index (κ1) is 16.2. The summed E-state index contributed by atoms with van der Waals surface area (Å²) < 4.78 is 23.0. The third kappa shape index (κ3) is 4.96. The van der Waals surface area contributed by atoms with E-state index >= 15 is 0 Å². The summed E-state index contributed by atoms with van der Waals surface area (Å²) in [5.74, 6) is 0.521. The van der Waals surface area contributed by atoms with Crippen molar-refractivity contribution in [3.05, 3.63) is 34.9 Å². The average molecular weight is 283 g/mol. The lowest BCUT2D eigenvalue weighted by Crippen LogP contribution is -2.18. The van der Waals surface area contributed by atoms with E-state index in [1.807, 2.05) is 7.05 Å². The molecule has 0 bridgehead atoms. The Morgan fingerprint density at radius 2 is 1.89 bits per heavy atom. The van der Waals surface area contributed by atoms with Crippen molar-refractivity contribution < 1.29 is 8.42 Å². The van der Waals surface area contributed by atoms with Gasteiger partial charge in [-0.15, -0.1) is 0 Å². The second kappa shape index (κ2) is 7.06. The Bertz CT molecular complexity index is 509. The van der Waals surface area contributed by atoms with Crippen LogP contribution in [0.2, 0.25) is 0 Å². The third-order valence-electron chi connectivity index (χ3n) is 3.67. The summed E-state index contributed by atoms with van der Waals surface area (Å²) >= 11 is 0. The fourth-order valence-electron chi connectivity index (χ4n) is 2.11. The molecule has 0 saturated carbocycles. The molecule has 4 heteroatoms. The predicted octanol–water partition coefficient (Wildman–Crippen LogP) is 2.78. The molecule has 0 aliphatic heterocycles. The Kier molecular flexibility index (Phi) is 6.01. The molecule has 1 atom stereocenters. The highest BCUT2D eigenvalue weighted by Gasteiger charge is 2.12. The molecule has 0 aliphatic carbocycles. The Balaban J connectivity index is 2.66. The molecule has 0 fully saturated rings. The monoisotopic (exact) mass is 283 g/mol. The van der Waals surface area contributed by atoms with E-state index in [-0.39, 0.29) is 17.5 Å². The third-order valence-corrected chi connectivity index (χ3v) is 5.46. The largest absolute Gasteiger partial charge is 0.313 e. The second-order valence-corrected chi connectivity index (χ2v) is 7.54. The van der Waals surface area contributed by atoms with E-state index in [4.69, 9.17) is 0 Å². The van der Waals surface area contributed by atoms with Crippen LogP contribution in [0, 0.1) is 13.8 Å². The molecule has 0 aliphatic rings. The molecule has 0 amide bonds. The summed E-state index contributed by atoms with van der Waals surface area (Å²) in [7, 11) is -0.923. The minimum Gasteiger partial charge on any atom is -0.313 e. The molecule has 1 aromatic carbocycles. The zero-order chi connectivity index (χ0) is 14.5. The van der Waals surface area contributed by atoms with Gasteiger partial charge in [0.15, 0.2) is 0 Å². The quantitative estimate of drug-likeness (QED) is 0.837. The van der Waals surface area contributed by atoms with Crippen molar-refractivity contribution in [2.45, 2.75) is 39.7 Å². The molecule has 3 nitrogen and oxygen atoms in total. The summed E-state index contributed by atoms with van der Waals surface area (Å²) in [6.45, 7) is 5.91. The number of rotatable bonds is 7. The Morgan fingerprint density at radius 3 is 2.42 bits per heavy atom. The molecule has 1 N–H and O–H groups in total. The number of benzene rings is 1. The molecule has 108 valence electrons. The maximum atomic E-state index is 11.5. The van der Waals surface area contributed by atoms with Crippen LogP contribution in [0.1, 0.15) is 42.5 Å². The minimum absolute atomic E-state index is 0.228. The summed E-state index contributed by atoms with van der Waals surface area (Å²) in [5, 5.41) is 3.27. The maximum Gasteiger partial charge on any atom is 0.150 e. The highest BCUT2D eigenvalue weighted by atomic mass is 32.2. The first-order chi connectivity index (χ1) is 8.89. The molecular formula is C15H25NO2S. The van der Waals surface area contributed by atoms with Gasteiger partial charge in [-0.05, 0) is 50.4 Å². The Hall–Kier alpha value is -0.870. The lowest BCUT2D eigenvalue weighted by molar-refractivity contribution is 0.535. The van der Waals surface area contributed by atoms with Gasteiger partial charge in [0.05, 0.1) is 5.75 Å². The van der Waals surface area contributed by atoms with Gasteiger partial charge in [-0.2, -0.15) is 0 Å². The van der Waals surface area contributed by atoms with Crippen LogP contribution >= 0.6 is 0 Å². The van der Waals surface area contributed by atoms with Crippen LogP contribution in [0.25, 0.3) is 0 Å². The lowest BCUT2D eigenvalue weighted by Gasteiger charge is -2.17. The van der Waals surface area contributed by atoms with Crippen molar-refractivity contribution in [2.75, 3.05) is 18.6 Å². The molecular weight excluding hydrogens is 258 g/mol. The van der Waals surface area contributed by atoms with Gasteiger partial charge in [0.2, 0.25) is 0 Å². The van der Waals surface area contributed by atoms with E-state index in [1.54, 1.807) is 6.92 Å². The summed E-state index contributed by atoms with van der Waals surface area (Å²) in [4.78, 5) is 0. The van der Waals surface area contributed by atoms with E-state index < -0.39 is 9.84 Å². The Morgan fingerprint density at radius 1 is 1.21 bits per heavy atom. The molecule has 19 heavy (non-hydrogen) atoms. The summed E-state index contributed by atoms with van der Waals surface area (Å²) in [6, 6.07) is 6.66. The molecule has 0 spiro atoms. The van der Waals surface area contributed by atoms with Crippen LogP contribution in [0.5, 0.6) is 0 Å². The van der Waals surface area contributed by atoms with E-state index in [0.29, 0.717) is 6.42 Å². The van der Waals surface area contributed by atoms with Gasteiger partial charge in [0.1, 0.15) is 9.84 Å². The number of sulfone groups is 1. The smallest absolute Gasteiger partial charge is 0.150 e. The van der Waals surface area contributed by atoms with Gasteiger partial charge in [-0.3, -0.25) is 0 Å². The number of nitrogens with one attached hydrogen (secondary N) is 1. The standard InChI is InChI=1S/C15H25NO2S/c1-5-19(17,18)10-6-7-15(16-4)14-9-8-12(2)13(3)11-14/h8-9,11,15-16H,5-7,10H2,1-4H3. The zero-order valence-electron chi connectivity index (χ0n) is 12.4. The van der Waals surface area contributed by atoms with Gasteiger partial charge >= 0.3 is 0 Å². The van der Waals surface area contributed by atoms with Gasteiger partial charge in [0.25, 0.3) is 0 Å². The first-order valence-electron chi connectivity index (χ1n) is 6.84. The van der Waals surface area contributed by atoms with Crippen LogP contribution in [-0.4, -0.2) is 27.0 Å². The van der Waals surface area contributed by atoms with E-state index in [2.05, 4.69) is 37.4 Å². The number of hydrogen-bond donors (Lipinski definition) is 1. The molecule has 1 aromatic rings. The average Bonchev–Trinajstić information content (AvgIpc) is 2.38. The number of hydrogen-bond acceptors (Lipinski definition) is 3. The van der Waals surface area contributed by atoms with Gasteiger partial charge < -0.3 is 5.32 Å². The second-order valence-electron chi connectivity index (χ2n) is 5.06. The van der Waals surface area contributed by atoms with Crippen molar-refractivity contribution in [1.29, 1.82) is 0 Å². The zero-order valence-corrected chi connectivity index (χ0v) is 13.2. The van der Waals surface area contributed by atoms with Crippen molar-refractivity contribution in [2.24, 2.45) is 0 Å². The highest BCUT2D eigenvalue weighted by molar-refractivity contribution is 7.91. The first-order valence-corrected chi connectivity index (χ1v) is 8.66. The fourth-order valence-corrected chi connectivity index (χ4v) is 3.01. The van der Waals surface area contributed by atoms with Gasteiger partial charge in [-0.25, -0.2) is 8.42 Å². The van der Waals surface area contributed by atoms with Crippen molar-refractivity contribution in [3.63, 3.8) is 0 Å². The molecule has 0 saturated heterocycles. The summed E-state index contributed by atoms with van der Waals surface area (Å²) in [6.07, 6.45) is 1.55. The van der Waals surface area contributed by atoms with Crippen molar-refractivity contribution in [3.8, 4) is 0 Å². The van der Waals surface area contributed by atoms with Crippen LogP contribution in [0.15, 0.2) is 18.2 Å². The van der Waals surface area contributed by atoms with Crippen LogP contribution in [-0.2, 0) is 9.84 Å². The normalized spacial score (nSPS) is 13.5. The molecule has 0 heterocycles. The topological polar surface area (TPSA) is 46.2 Å². The molecule has 1 unspecified atom stereocenters. The lowest BCUT2D eigenvalue weighted by atomic mass is 9.98. The molecule has 0 aromatic heterocycles. The summed E-state index contributed by atoms with van der Waals surface area (Å²) in [5.41, 5.74) is 3.80. The van der Waals surface area contributed by atoms with Crippen molar-refractivity contribution >= 4 is 9.84 Å². The van der Waals surface area contributed by atoms with Crippen LogP contribution in [0.3, 0.4) is 0 Å². The van der Waals surface area contributed by atoms with Crippen molar-refractivity contribution in [1.82, 2.24) is 5.32 Å². The fraction of sp³-hybridized carbons (Fsp3) is 0.600. The molecule has 0 radical (unpaired) electrons. The maximum absolute atomic E-state index is 11.5. The van der Waals surface area contributed by atoms with Crippen LogP contribution < -0.4 is 5.32 Å². The van der Waals surface area contributed by atoms with E-state index in [9.17, 15) is 8.42 Å². The van der Waals surface area contributed by atoms with E-state index in [0.717, 1.165) is 6.42 Å². The molecule has 1 rings (SSSR count). The number of aryl methyl sites for hydroxylation is 2. The SMILES string of the molecule is CCS(=O)(=O)CCCC(NC)c1ccc(C)c(C)c1.